The monoisotopic (exact) mass is 417 g/mol. The molecule has 0 spiro atoms. The lowest BCUT2D eigenvalue weighted by atomic mass is 9.96. The van der Waals surface area contributed by atoms with E-state index in [4.69, 9.17) is 0 Å². The van der Waals surface area contributed by atoms with E-state index in [0.29, 0.717) is 31.0 Å². The largest absolute Gasteiger partial charge is 0.356 e. The van der Waals surface area contributed by atoms with Crippen LogP contribution in [0.5, 0.6) is 0 Å². The summed E-state index contributed by atoms with van der Waals surface area (Å²) in [5.41, 5.74) is 0.596. The van der Waals surface area contributed by atoms with Crippen molar-refractivity contribution in [1.29, 1.82) is 0 Å². The second-order valence-corrected chi connectivity index (χ2v) is 6.78. The molecule has 1 atom stereocenters. The number of carbonyl (C=O) groups is 2. The van der Waals surface area contributed by atoms with Crippen LogP contribution in [0, 0.1) is 5.92 Å². The number of piperidine rings is 1. The van der Waals surface area contributed by atoms with Crippen molar-refractivity contribution >= 4 is 40.2 Å². The van der Waals surface area contributed by atoms with E-state index in [1.54, 1.807) is 12.1 Å². The minimum Gasteiger partial charge on any atom is -0.356 e. The van der Waals surface area contributed by atoms with E-state index in [9.17, 15) is 9.59 Å². The smallest absolute Gasteiger partial charge is 0.251 e. The first-order valence-corrected chi connectivity index (χ1v) is 8.95. The van der Waals surface area contributed by atoms with Crippen LogP contribution in [0.25, 0.3) is 0 Å². The minimum absolute atomic E-state index is 0. The number of hydrogen-bond acceptors (Lipinski definition) is 3. The number of rotatable bonds is 7. The van der Waals surface area contributed by atoms with Gasteiger partial charge in [0.25, 0.3) is 5.91 Å². The van der Waals surface area contributed by atoms with Gasteiger partial charge < -0.3 is 16.0 Å². The number of amides is 2. The zero-order chi connectivity index (χ0) is 16.5. The third-order valence-electron chi connectivity index (χ3n) is 4.02. The van der Waals surface area contributed by atoms with Crippen molar-refractivity contribution in [1.82, 2.24) is 16.0 Å². The highest BCUT2D eigenvalue weighted by atomic mass is 79.9. The van der Waals surface area contributed by atoms with Crippen LogP contribution < -0.4 is 16.0 Å². The van der Waals surface area contributed by atoms with Gasteiger partial charge in [0.15, 0.2) is 0 Å². The summed E-state index contributed by atoms with van der Waals surface area (Å²) >= 11 is 3.33. The Morgan fingerprint density at radius 3 is 2.58 bits per heavy atom. The average molecular weight is 419 g/mol. The normalized spacial score (nSPS) is 16.8. The highest BCUT2D eigenvalue weighted by molar-refractivity contribution is 9.10. The zero-order valence-corrected chi connectivity index (χ0v) is 16.0. The molecule has 3 N–H and O–H groups in total. The quantitative estimate of drug-likeness (QED) is 0.637. The van der Waals surface area contributed by atoms with Gasteiger partial charge in [0.05, 0.1) is 0 Å². The molecule has 0 bridgehead atoms. The lowest BCUT2D eigenvalue weighted by molar-refractivity contribution is -0.121. The van der Waals surface area contributed by atoms with Gasteiger partial charge in [0.2, 0.25) is 5.91 Å². The predicted molar refractivity (Wildman–Crippen MR) is 102 cm³/mol. The number of halogens is 2. The van der Waals surface area contributed by atoms with E-state index in [2.05, 4.69) is 31.9 Å². The predicted octanol–water partition coefficient (Wildman–Crippen LogP) is 2.50. The van der Waals surface area contributed by atoms with E-state index < -0.39 is 0 Å². The van der Waals surface area contributed by atoms with Gasteiger partial charge in [-0.25, -0.2) is 0 Å². The second-order valence-electron chi connectivity index (χ2n) is 5.86. The van der Waals surface area contributed by atoms with E-state index in [1.807, 2.05) is 12.1 Å². The van der Waals surface area contributed by atoms with Crippen LogP contribution >= 0.6 is 28.3 Å². The van der Waals surface area contributed by atoms with Crippen LogP contribution in [0.2, 0.25) is 0 Å². The van der Waals surface area contributed by atoms with E-state index in [0.717, 1.165) is 24.0 Å². The van der Waals surface area contributed by atoms with Crippen LogP contribution in [-0.4, -0.2) is 38.0 Å². The first-order valence-electron chi connectivity index (χ1n) is 8.16. The van der Waals surface area contributed by atoms with Crippen molar-refractivity contribution < 1.29 is 9.59 Å². The lowest BCUT2D eigenvalue weighted by Crippen LogP contribution is -2.34. The SMILES string of the molecule is Cl.O=C(CCNC(=O)c1ccc(Br)cc1)NCCC1CCCNC1. The number of nitrogens with one attached hydrogen (secondary N) is 3. The molecule has 1 saturated heterocycles. The third-order valence-corrected chi connectivity index (χ3v) is 4.55. The lowest BCUT2D eigenvalue weighted by Gasteiger charge is -2.22. The van der Waals surface area contributed by atoms with Crippen LogP contribution in [0.15, 0.2) is 28.7 Å². The Hall–Kier alpha value is -1.11. The van der Waals surface area contributed by atoms with Gasteiger partial charge in [-0.2, -0.15) is 0 Å². The van der Waals surface area contributed by atoms with Crippen LogP contribution in [-0.2, 0) is 4.79 Å². The fourth-order valence-corrected chi connectivity index (χ4v) is 2.93. The molecular formula is C17H25BrClN3O2. The van der Waals surface area contributed by atoms with Crippen LogP contribution in [0.3, 0.4) is 0 Å². The van der Waals surface area contributed by atoms with Gasteiger partial charge in [-0.05, 0) is 62.5 Å². The maximum absolute atomic E-state index is 11.9. The molecule has 0 aromatic heterocycles. The molecule has 1 aliphatic heterocycles. The molecule has 1 aromatic rings. The van der Waals surface area contributed by atoms with Gasteiger partial charge in [0.1, 0.15) is 0 Å². The molecule has 0 saturated carbocycles. The molecule has 0 radical (unpaired) electrons. The molecule has 1 aliphatic rings. The molecule has 1 heterocycles. The number of hydrogen-bond donors (Lipinski definition) is 3. The minimum atomic E-state index is -0.154. The molecule has 7 heteroatoms. The Morgan fingerprint density at radius 2 is 1.92 bits per heavy atom. The van der Waals surface area contributed by atoms with Crippen molar-refractivity contribution in [3.8, 4) is 0 Å². The summed E-state index contributed by atoms with van der Waals surface area (Å²) in [5, 5.41) is 9.07. The summed E-state index contributed by atoms with van der Waals surface area (Å²) in [4.78, 5) is 23.7. The molecule has 24 heavy (non-hydrogen) atoms. The molecule has 2 amide bonds. The average Bonchev–Trinajstić information content (AvgIpc) is 2.56. The summed E-state index contributed by atoms with van der Waals surface area (Å²) in [7, 11) is 0. The van der Waals surface area contributed by atoms with Crippen molar-refractivity contribution in [2.45, 2.75) is 25.7 Å². The van der Waals surface area contributed by atoms with Crippen molar-refractivity contribution in [2.24, 2.45) is 5.92 Å². The molecule has 1 aromatic carbocycles. The Balaban J connectivity index is 0.00000288. The Kier molecular flexibility index (Phi) is 9.98. The standard InChI is InChI=1S/C17H24BrN3O2.ClH/c18-15-5-3-14(4-6-15)17(23)21-11-8-16(22)20-10-7-13-2-1-9-19-12-13;/h3-6,13,19H,1-2,7-12H2,(H,20,22)(H,21,23);1H. The maximum atomic E-state index is 11.9. The van der Waals surface area contributed by atoms with Crippen LogP contribution in [0.1, 0.15) is 36.0 Å². The summed E-state index contributed by atoms with van der Waals surface area (Å²) in [6, 6.07) is 7.14. The van der Waals surface area contributed by atoms with Gasteiger partial charge in [-0.15, -0.1) is 12.4 Å². The highest BCUT2D eigenvalue weighted by Gasteiger charge is 2.13. The Bertz CT molecular complexity index is 519. The molecule has 1 fully saturated rings. The Labute approximate surface area is 157 Å². The third kappa shape index (κ3) is 7.64. The molecular weight excluding hydrogens is 394 g/mol. The molecule has 2 rings (SSSR count). The molecule has 1 unspecified atom stereocenters. The van der Waals surface area contributed by atoms with E-state index in [1.165, 1.54) is 12.8 Å². The topological polar surface area (TPSA) is 70.2 Å². The zero-order valence-electron chi connectivity index (χ0n) is 13.6. The summed E-state index contributed by atoms with van der Waals surface area (Å²) < 4.78 is 0.932. The molecule has 0 aliphatic carbocycles. The van der Waals surface area contributed by atoms with Gasteiger partial charge >= 0.3 is 0 Å². The summed E-state index contributed by atoms with van der Waals surface area (Å²) in [5.74, 6) is 0.504. The van der Waals surface area contributed by atoms with Crippen molar-refractivity contribution in [2.75, 3.05) is 26.2 Å². The summed E-state index contributed by atoms with van der Waals surface area (Å²) in [6.45, 7) is 3.23. The van der Waals surface area contributed by atoms with Crippen LogP contribution in [0.4, 0.5) is 0 Å². The number of benzene rings is 1. The van der Waals surface area contributed by atoms with Gasteiger partial charge in [-0.3, -0.25) is 9.59 Å². The molecule has 5 nitrogen and oxygen atoms in total. The maximum Gasteiger partial charge on any atom is 0.251 e. The van der Waals surface area contributed by atoms with E-state index >= 15 is 0 Å². The highest BCUT2D eigenvalue weighted by Crippen LogP contribution is 2.13. The van der Waals surface area contributed by atoms with Gasteiger partial charge in [-0.1, -0.05) is 15.9 Å². The van der Waals surface area contributed by atoms with E-state index in [-0.39, 0.29) is 24.2 Å². The number of carbonyl (C=O) groups excluding carboxylic acids is 2. The van der Waals surface area contributed by atoms with Gasteiger partial charge in [0, 0.05) is 29.5 Å². The first-order chi connectivity index (χ1) is 11.1. The first kappa shape index (κ1) is 20.9. The Morgan fingerprint density at radius 1 is 1.17 bits per heavy atom. The van der Waals surface area contributed by atoms with Crippen molar-refractivity contribution in [3.63, 3.8) is 0 Å². The van der Waals surface area contributed by atoms with Crippen molar-refractivity contribution in [3.05, 3.63) is 34.3 Å². The second kappa shape index (κ2) is 11.4. The molecule has 134 valence electrons. The fourth-order valence-electron chi connectivity index (χ4n) is 2.67. The summed E-state index contributed by atoms with van der Waals surface area (Å²) in [6.07, 6.45) is 3.79. The fraction of sp³-hybridized carbons (Fsp3) is 0.529.